The van der Waals surface area contributed by atoms with Crippen LogP contribution >= 0.6 is 0 Å². The Bertz CT molecular complexity index is 445. The van der Waals surface area contributed by atoms with Gasteiger partial charge in [-0.1, -0.05) is 0 Å². The average molecular weight is 334 g/mol. The van der Waals surface area contributed by atoms with Gasteiger partial charge in [-0.05, 0) is 32.6 Å². The van der Waals surface area contributed by atoms with Gasteiger partial charge in [0.25, 0.3) is 0 Å². The van der Waals surface area contributed by atoms with Crippen molar-refractivity contribution >= 4 is 16.0 Å². The van der Waals surface area contributed by atoms with Gasteiger partial charge in [-0.2, -0.15) is 0 Å². The Morgan fingerprint density at radius 2 is 2.05 bits per heavy atom. The molecule has 8 heteroatoms. The van der Waals surface area contributed by atoms with Crippen LogP contribution in [0.25, 0.3) is 0 Å². The Hall–Kier alpha value is -0.860. The summed E-state index contributed by atoms with van der Waals surface area (Å²) in [5.41, 5.74) is 0. The van der Waals surface area contributed by atoms with Crippen molar-refractivity contribution in [1.82, 2.24) is 14.9 Å². The maximum absolute atomic E-state index is 11.5. The van der Waals surface area contributed by atoms with E-state index >= 15 is 0 Å². The van der Waals surface area contributed by atoms with Gasteiger partial charge in [0.1, 0.15) is 0 Å². The minimum atomic E-state index is -3.05. The van der Waals surface area contributed by atoms with Crippen LogP contribution in [0.4, 0.5) is 0 Å². The van der Waals surface area contributed by atoms with Crippen molar-refractivity contribution in [3.05, 3.63) is 0 Å². The number of methoxy groups -OCH3 is 1. The minimum Gasteiger partial charge on any atom is -0.383 e. The third kappa shape index (κ3) is 6.93. The largest absolute Gasteiger partial charge is 0.383 e. The van der Waals surface area contributed by atoms with E-state index in [1.165, 1.54) is 6.26 Å². The molecule has 1 aliphatic rings. The summed E-state index contributed by atoms with van der Waals surface area (Å²) in [5, 5.41) is 6.52. The summed E-state index contributed by atoms with van der Waals surface area (Å²) >= 11 is 0. The minimum absolute atomic E-state index is 0.190. The zero-order chi connectivity index (χ0) is 16.6. The first-order valence-corrected chi connectivity index (χ1v) is 9.70. The Kier molecular flexibility index (Phi) is 8.13. The summed E-state index contributed by atoms with van der Waals surface area (Å²) in [6, 6.07) is 0.190. The van der Waals surface area contributed by atoms with Crippen LogP contribution in [-0.4, -0.2) is 70.9 Å². The molecule has 0 saturated carbocycles. The molecule has 1 unspecified atom stereocenters. The van der Waals surface area contributed by atoms with Crippen molar-refractivity contribution in [1.29, 1.82) is 0 Å². The molecule has 1 aliphatic heterocycles. The van der Waals surface area contributed by atoms with Gasteiger partial charge in [0.05, 0.1) is 12.9 Å². The van der Waals surface area contributed by atoms with Crippen LogP contribution in [0.1, 0.15) is 26.7 Å². The molecule has 1 rings (SSSR count). The number of guanidine groups is 1. The summed E-state index contributed by atoms with van der Waals surface area (Å²) in [6.07, 6.45) is 3.00. The van der Waals surface area contributed by atoms with Crippen molar-refractivity contribution in [2.45, 2.75) is 32.7 Å². The second kappa shape index (κ2) is 9.32. The Labute approximate surface area is 134 Å². The number of nitrogens with one attached hydrogen (secondary N) is 2. The Morgan fingerprint density at radius 3 is 2.55 bits per heavy atom. The zero-order valence-electron chi connectivity index (χ0n) is 14.1. The number of rotatable bonds is 7. The molecular formula is C14H30N4O3S. The number of aliphatic imine (C=N–C) groups is 1. The summed E-state index contributed by atoms with van der Waals surface area (Å²) in [4.78, 5) is 4.62. The van der Waals surface area contributed by atoms with E-state index in [-0.39, 0.29) is 6.04 Å². The first-order chi connectivity index (χ1) is 10.4. The fourth-order valence-corrected chi connectivity index (χ4v) is 3.36. The molecule has 1 heterocycles. The van der Waals surface area contributed by atoms with Gasteiger partial charge in [0, 0.05) is 39.3 Å². The van der Waals surface area contributed by atoms with Gasteiger partial charge in [0.2, 0.25) is 10.0 Å². The lowest BCUT2D eigenvalue weighted by atomic mass is 9.98. The highest BCUT2D eigenvalue weighted by molar-refractivity contribution is 7.88. The summed E-state index contributed by atoms with van der Waals surface area (Å²) < 4.78 is 29.7. The van der Waals surface area contributed by atoms with E-state index in [9.17, 15) is 8.42 Å². The fraction of sp³-hybridized carbons (Fsp3) is 0.929. The molecule has 0 bridgehead atoms. The molecule has 130 valence electrons. The summed E-state index contributed by atoms with van der Waals surface area (Å²) in [5.74, 6) is 1.23. The van der Waals surface area contributed by atoms with Crippen molar-refractivity contribution in [2.75, 3.05) is 46.2 Å². The molecule has 0 radical (unpaired) electrons. The maximum Gasteiger partial charge on any atom is 0.211 e. The van der Waals surface area contributed by atoms with Crippen molar-refractivity contribution in [3.63, 3.8) is 0 Å². The van der Waals surface area contributed by atoms with E-state index in [0.717, 1.165) is 25.3 Å². The molecule has 2 N–H and O–H groups in total. The monoisotopic (exact) mass is 334 g/mol. The molecular weight excluding hydrogens is 304 g/mol. The van der Waals surface area contributed by atoms with Gasteiger partial charge in [-0.3, -0.25) is 4.99 Å². The first-order valence-electron chi connectivity index (χ1n) is 7.85. The van der Waals surface area contributed by atoms with Crippen LogP contribution in [0.5, 0.6) is 0 Å². The van der Waals surface area contributed by atoms with E-state index in [1.54, 1.807) is 11.4 Å². The molecule has 7 nitrogen and oxygen atoms in total. The number of hydrogen-bond donors (Lipinski definition) is 2. The summed E-state index contributed by atoms with van der Waals surface area (Å²) in [7, 11) is -1.37. The molecule has 0 aromatic heterocycles. The molecule has 22 heavy (non-hydrogen) atoms. The number of ether oxygens (including phenoxy) is 1. The number of nitrogens with zero attached hydrogens (tertiary/aromatic N) is 2. The van der Waals surface area contributed by atoms with Crippen molar-refractivity contribution in [3.8, 4) is 0 Å². The molecule has 0 aromatic carbocycles. The number of sulfonamides is 1. The first kappa shape index (κ1) is 19.2. The highest BCUT2D eigenvalue weighted by atomic mass is 32.2. The average Bonchev–Trinajstić information content (AvgIpc) is 2.45. The Balaban J connectivity index is 2.47. The third-order valence-electron chi connectivity index (χ3n) is 3.69. The molecule has 1 saturated heterocycles. The van der Waals surface area contributed by atoms with Crippen LogP contribution in [0, 0.1) is 5.92 Å². The van der Waals surface area contributed by atoms with Crippen LogP contribution in [0.15, 0.2) is 4.99 Å². The quantitative estimate of drug-likeness (QED) is 0.515. The highest BCUT2D eigenvalue weighted by Crippen LogP contribution is 2.19. The predicted octanol–water partition coefficient (Wildman–Crippen LogP) is 0.248. The molecule has 1 atom stereocenters. The molecule has 0 aromatic rings. The van der Waals surface area contributed by atoms with Crippen LogP contribution < -0.4 is 10.6 Å². The predicted molar refractivity (Wildman–Crippen MR) is 89.6 cm³/mol. The van der Waals surface area contributed by atoms with Gasteiger partial charge >= 0.3 is 0 Å². The van der Waals surface area contributed by atoms with Crippen LogP contribution in [0.3, 0.4) is 0 Å². The van der Waals surface area contributed by atoms with Crippen LogP contribution in [0.2, 0.25) is 0 Å². The fourth-order valence-electron chi connectivity index (χ4n) is 2.49. The van der Waals surface area contributed by atoms with Gasteiger partial charge in [-0.25, -0.2) is 12.7 Å². The second-order valence-electron chi connectivity index (χ2n) is 5.83. The van der Waals surface area contributed by atoms with Crippen LogP contribution in [-0.2, 0) is 14.8 Å². The van der Waals surface area contributed by atoms with E-state index in [0.29, 0.717) is 32.2 Å². The lowest BCUT2D eigenvalue weighted by Gasteiger charge is -2.29. The normalized spacial score (nSPS) is 19.9. The molecule has 1 fully saturated rings. The van der Waals surface area contributed by atoms with Gasteiger partial charge in [-0.15, -0.1) is 0 Å². The molecule has 0 aliphatic carbocycles. The molecule has 0 spiro atoms. The topological polar surface area (TPSA) is 83.0 Å². The second-order valence-corrected chi connectivity index (χ2v) is 7.81. The summed E-state index contributed by atoms with van der Waals surface area (Å²) in [6.45, 7) is 7.41. The third-order valence-corrected chi connectivity index (χ3v) is 5.00. The SMILES string of the molecule is CCNC(=NCC1CCN(S(C)(=O)=O)CC1)NC(C)COC. The number of piperidine rings is 1. The van der Waals surface area contributed by atoms with Gasteiger partial charge in [0.15, 0.2) is 5.96 Å². The standard InChI is InChI=1S/C14H30N4O3S/c1-5-15-14(17-12(2)11-21-3)16-10-13-6-8-18(9-7-13)22(4,19)20/h12-13H,5-11H2,1-4H3,(H2,15,16,17). The van der Waals surface area contributed by atoms with Crippen molar-refractivity contribution < 1.29 is 13.2 Å². The van der Waals surface area contributed by atoms with E-state index < -0.39 is 10.0 Å². The Morgan fingerprint density at radius 1 is 1.41 bits per heavy atom. The van der Waals surface area contributed by atoms with E-state index in [4.69, 9.17) is 4.74 Å². The number of hydrogen-bond acceptors (Lipinski definition) is 4. The smallest absolute Gasteiger partial charge is 0.211 e. The highest BCUT2D eigenvalue weighted by Gasteiger charge is 2.24. The molecule has 0 amide bonds. The van der Waals surface area contributed by atoms with Gasteiger partial charge < -0.3 is 15.4 Å². The lowest BCUT2D eigenvalue weighted by molar-refractivity contribution is 0.179. The zero-order valence-corrected chi connectivity index (χ0v) is 14.9. The van der Waals surface area contributed by atoms with Crippen molar-refractivity contribution in [2.24, 2.45) is 10.9 Å². The van der Waals surface area contributed by atoms with E-state index in [2.05, 4.69) is 15.6 Å². The lowest BCUT2D eigenvalue weighted by Crippen LogP contribution is -2.44. The maximum atomic E-state index is 11.5. The van der Waals surface area contributed by atoms with E-state index in [1.807, 2.05) is 13.8 Å².